The molecule has 0 amide bonds. The predicted octanol–water partition coefficient (Wildman–Crippen LogP) is 29.9. The number of fused-ring (bicyclic) bond motifs is 24. The lowest BCUT2D eigenvalue weighted by molar-refractivity contribution is 0.563. The minimum absolute atomic E-state index is 0.140. The minimum Gasteiger partial charge on any atom is -0.310 e. The Morgan fingerprint density at radius 1 is 0.179 bits per heavy atom. The molecule has 0 fully saturated rings. The number of hydrogen-bond donors (Lipinski definition) is 0. The highest BCUT2D eigenvalue weighted by Crippen LogP contribution is 2.61. The maximum Gasteiger partial charge on any atom is 0.0465 e. The molecular weight excluding hydrogens is 1410 g/mol. The quantitative estimate of drug-likeness (QED) is 0.126. The lowest BCUT2D eigenvalue weighted by atomic mass is 9.75. The second-order valence-corrected chi connectivity index (χ2v) is 38.1. The van der Waals surface area contributed by atoms with Gasteiger partial charge in [-0.3, -0.25) is 0 Å². The Morgan fingerprint density at radius 2 is 0.359 bits per heavy atom. The average molecular weight is 1500 g/mol. The molecule has 0 unspecified atom stereocenters. The molecule has 0 aromatic heterocycles. The molecule has 564 valence electrons. The molecule has 2 heteroatoms. The zero-order valence-corrected chi connectivity index (χ0v) is 69.0. The molecule has 8 aliphatic rings. The molecule has 1 spiro atoms. The van der Waals surface area contributed by atoms with Gasteiger partial charge in [0.1, 0.15) is 0 Å². The van der Waals surface area contributed by atoms with Crippen LogP contribution >= 0.6 is 0 Å². The molecule has 0 radical (unpaired) electrons. The molecule has 0 aliphatic heterocycles. The second kappa shape index (κ2) is 24.3. The van der Waals surface area contributed by atoms with Crippen LogP contribution in [-0.4, -0.2) is 0 Å². The Morgan fingerprint density at radius 3 is 0.607 bits per heavy atom. The predicted molar refractivity (Wildman–Crippen MR) is 492 cm³/mol. The third kappa shape index (κ3) is 9.85. The van der Waals surface area contributed by atoms with Crippen molar-refractivity contribution in [1.82, 2.24) is 0 Å². The highest BCUT2D eigenvalue weighted by molar-refractivity contribution is 5.96. The highest BCUT2D eigenvalue weighted by atomic mass is 15.1. The van der Waals surface area contributed by atoms with Crippen molar-refractivity contribution in [3.8, 4) is 77.9 Å². The standard InChI is InChI=1S/C115H94N2/c1-109(2)95-29-19-15-25-81(95)87-51-41-75(61-101(87)109)116(76-42-52-88-82-26-16-20-30-96(82)110(3,4)102(88)62-76)79-45-55-91-85-47-37-69(57-99(85)113(9,10)105(91)65-79)33-35-71-39-49-93-94-50-40-72(60-108(94)115(107(93)59-71)67-73-23-13-14-24-74(73)68-115)36-34-70-38-48-86-92-56-46-80(66-106(92)114(11,12)100(86)58-70)117(77-43-53-89-83-27-17-21-31-97(83)111(5,6)103(89)63-77)78-44-54-90-84-28-18-22-32-98(84)112(7,8)104(90)64-78/h13-66H,67-68H2,1-12H3/b35-33+,36-34+. The van der Waals surface area contributed by atoms with Gasteiger partial charge < -0.3 is 9.80 Å². The first-order valence-corrected chi connectivity index (χ1v) is 42.3. The van der Waals surface area contributed by atoms with E-state index in [9.17, 15) is 0 Å². The van der Waals surface area contributed by atoms with E-state index in [-0.39, 0.29) is 37.9 Å². The number of rotatable bonds is 10. The summed E-state index contributed by atoms with van der Waals surface area (Å²) in [7, 11) is 0. The van der Waals surface area contributed by atoms with E-state index < -0.39 is 0 Å². The van der Waals surface area contributed by atoms with E-state index in [2.05, 4.69) is 421 Å². The Labute approximate surface area is 689 Å². The number of nitrogens with zero attached hydrogens (tertiary/aromatic N) is 2. The van der Waals surface area contributed by atoms with Crippen LogP contribution < -0.4 is 9.80 Å². The lowest BCUT2D eigenvalue weighted by Crippen LogP contribution is -2.26. The second-order valence-electron chi connectivity index (χ2n) is 38.1. The van der Waals surface area contributed by atoms with Gasteiger partial charge in [0.15, 0.2) is 0 Å². The van der Waals surface area contributed by atoms with Crippen LogP contribution in [0.4, 0.5) is 34.1 Å². The maximum absolute atomic E-state index is 2.54. The number of anilines is 6. The largest absolute Gasteiger partial charge is 0.310 e. The molecular formula is C115H94N2. The maximum atomic E-state index is 2.54. The van der Waals surface area contributed by atoms with Gasteiger partial charge in [0.05, 0.1) is 0 Å². The molecule has 23 rings (SSSR count). The first-order valence-electron chi connectivity index (χ1n) is 42.3. The van der Waals surface area contributed by atoms with Crippen molar-refractivity contribution in [2.45, 2.75) is 134 Å². The first kappa shape index (κ1) is 69.8. The van der Waals surface area contributed by atoms with Gasteiger partial charge in [0, 0.05) is 72.0 Å². The van der Waals surface area contributed by atoms with E-state index in [1.807, 2.05) is 0 Å². The Hall–Kier alpha value is -12.6. The third-order valence-corrected chi connectivity index (χ3v) is 29.6. The summed E-state index contributed by atoms with van der Waals surface area (Å²) in [6, 6.07) is 118. The van der Waals surface area contributed by atoms with E-state index >= 15 is 0 Å². The van der Waals surface area contributed by atoms with Crippen LogP contribution in [0.2, 0.25) is 0 Å². The van der Waals surface area contributed by atoms with Gasteiger partial charge in [-0.2, -0.15) is 0 Å². The normalized spacial score (nSPS) is 16.9. The Kier molecular flexibility index (Phi) is 14.5. The van der Waals surface area contributed by atoms with Crippen LogP contribution in [0.15, 0.2) is 303 Å². The van der Waals surface area contributed by atoms with E-state index in [0.29, 0.717) is 0 Å². The van der Waals surface area contributed by atoms with E-state index in [4.69, 9.17) is 0 Å². The summed E-state index contributed by atoms with van der Waals surface area (Å²) in [4.78, 5) is 5.07. The lowest BCUT2D eigenvalue weighted by Gasteiger charge is -2.31. The van der Waals surface area contributed by atoms with Crippen molar-refractivity contribution in [3.05, 3.63) is 415 Å². The zero-order chi connectivity index (χ0) is 79.3. The van der Waals surface area contributed by atoms with Crippen LogP contribution in [0, 0.1) is 0 Å². The van der Waals surface area contributed by atoms with E-state index in [0.717, 1.165) is 12.8 Å². The summed E-state index contributed by atoms with van der Waals surface area (Å²) in [5.41, 5.74) is 51.5. The molecule has 8 aliphatic carbocycles. The van der Waals surface area contributed by atoms with Gasteiger partial charge in [0.25, 0.3) is 0 Å². The average Bonchev–Trinajstić information content (AvgIpc) is 1.51. The first-order chi connectivity index (χ1) is 56.4. The monoisotopic (exact) mass is 1500 g/mol. The van der Waals surface area contributed by atoms with Crippen molar-refractivity contribution in [2.24, 2.45) is 0 Å². The summed E-state index contributed by atoms with van der Waals surface area (Å²) >= 11 is 0. The smallest absolute Gasteiger partial charge is 0.0465 e. The van der Waals surface area contributed by atoms with E-state index in [1.165, 1.54) is 223 Å². The SMILES string of the molecule is CC1(C)c2ccccc2-c2ccc(N(c3ccc4c(c3)C(C)(C)c3ccccc3-4)c3ccc4c(c3)C(C)(C)c3cc(/C=C/c5ccc6c(c5)C5(Cc7ccccc7C5)c5cc(/C=C/c7ccc8c(c7)C(C)(C)c7cc(N(c9ccc%10c(c9)C(C)(C)c9ccccc9-%10)c9ccc%10c(c9)C(C)(C)c9ccccc9-%10)ccc7-8)ccc5-6)ccc3-4)cc21. The Balaban J connectivity index is 0.540. The van der Waals surface area contributed by atoms with Gasteiger partial charge in [-0.25, -0.2) is 0 Å². The van der Waals surface area contributed by atoms with Gasteiger partial charge in [-0.05, 0) is 275 Å². The van der Waals surface area contributed by atoms with Gasteiger partial charge in [0.2, 0.25) is 0 Å². The zero-order valence-electron chi connectivity index (χ0n) is 69.0. The molecule has 0 bridgehead atoms. The highest BCUT2D eigenvalue weighted by Gasteiger charge is 2.49. The fraction of sp³-hybridized carbons (Fsp3) is 0.183. The van der Waals surface area contributed by atoms with Crippen LogP contribution in [-0.2, 0) is 50.7 Å². The molecule has 0 saturated carbocycles. The van der Waals surface area contributed by atoms with Crippen molar-refractivity contribution in [2.75, 3.05) is 9.80 Å². The van der Waals surface area contributed by atoms with Crippen LogP contribution in [0.5, 0.6) is 0 Å². The molecule has 117 heavy (non-hydrogen) atoms. The van der Waals surface area contributed by atoms with E-state index in [1.54, 1.807) is 0 Å². The van der Waals surface area contributed by atoms with Crippen LogP contribution in [0.25, 0.3) is 102 Å². The molecule has 15 aromatic carbocycles. The molecule has 15 aromatic rings. The fourth-order valence-electron chi connectivity index (χ4n) is 23.3. The van der Waals surface area contributed by atoms with Gasteiger partial charge >= 0.3 is 0 Å². The summed E-state index contributed by atoms with van der Waals surface area (Å²) < 4.78 is 0. The summed E-state index contributed by atoms with van der Waals surface area (Å²) in [5.74, 6) is 0. The van der Waals surface area contributed by atoms with Gasteiger partial charge in [-0.15, -0.1) is 0 Å². The third-order valence-electron chi connectivity index (χ3n) is 29.6. The fourth-order valence-corrected chi connectivity index (χ4v) is 23.3. The summed E-state index contributed by atoms with van der Waals surface area (Å²) in [5, 5.41) is 0. The molecule has 0 saturated heterocycles. The Bertz CT molecular complexity index is 6340. The topological polar surface area (TPSA) is 6.48 Å². The van der Waals surface area contributed by atoms with Crippen molar-refractivity contribution in [3.63, 3.8) is 0 Å². The van der Waals surface area contributed by atoms with Crippen LogP contribution in [0.1, 0.15) is 194 Å². The summed E-state index contributed by atoms with van der Waals surface area (Å²) in [6.07, 6.45) is 11.4. The molecule has 0 atom stereocenters. The van der Waals surface area contributed by atoms with Crippen molar-refractivity contribution < 1.29 is 0 Å². The van der Waals surface area contributed by atoms with Crippen molar-refractivity contribution in [1.29, 1.82) is 0 Å². The van der Waals surface area contributed by atoms with Crippen LogP contribution in [0.3, 0.4) is 0 Å². The number of benzene rings is 15. The molecule has 0 N–H and O–H groups in total. The molecule has 0 heterocycles. The number of hydrogen-bond acceptors (Lipinski definition) is 2. The minimum atomic E-state index is -0.259. The summed E-state index contributed by atoms with van der Waals surface area (Å²) in [6.45, 7) is 28.9. The van der Waals surface area contributed by atoms with Crippen molar-refractivity contribution >= 4 is 58.4 Å². The van der Waals surface area contributed by atoms with Gasteiger partial charge in [-0.1, -0.05) is 338 Å². The molecule has 2 nitrogen and oxygen atoms in total.